The lowest BCUT2D eigenvalue weighted by Crippen LogP contribution is -2.31. The van der Waals surface area contributed by atoms with Crippen molar-refractivity contribution in [1.82, 2.24) is 5.32 Å². The number of hydrogen-bond donors (Lipinski definition) is 2. The predicted octanol–water partition coefficient (Wildman–Crippen LogP) is 2.38. The molecule has 0 spiro atoms. The van der Waals surface area contributed by atoms with Crippen molar-refractivity contribution in [1.29, 1.82) is 0 Å². The second kappa shape index (κ2) is 4.83. The van der Waals surface area contributed by atoms with Gasteiger partial charge in [0.05, 0.1) is 0 Å². The topological polar surface area (TPSA) is 32.3 Å². The minimum Gasteiger partial charge on any atom is -0.508 e. The molecule has 1 aliphatic rings. The lowest BCUT2D eigenvalue weighted by molar-refractivity contribution is 0.368. The summed E-state index contributed by atoms with van der Waals surface area (Å²) < 4.78 is 13.4. The third-order valence-electron chi connectivity index (χ3n) is 3.40. The highest BCUT2D eigenvalue weighted by atomic mass is 19.1. The Morgan fingerprint density at radius 3 is 3.00 bits per heavy atom. The van der Waals surface area contributed by atoms with Gasteiger partial charge < -0.3 is 10.4 Å². The molecule has 1 unspecified atom stereocenters. The number of hydrogen-bond acceptors (Lipinski definition) is 2. The number of halogens is 1. The molecule has 0 aromatic heterocycles. The minimum atomic E-state index is -0.225. The number of rotatable bonds is 2. The lowest BCUT2D eigenvalue weighted by atomic mass is 9.90. The molecule has 1 aromatic carbocycles. The summed E-state index contributed by atoms with van der Waals surface area (Å²) in [5.74, 6) is 0.515. The Balaban J connectivity index is 2.16. The van der Waals surface area contributed by atoms with Crippen LogP contribution in [0.2, 0.25) is 0 Å². The average Bonchev–Trinajstić information content (AvgIpc) is 2.31. The fourth-order valence-electron chi connectivity index (χ4n) is 2.36. The molecule has 1 aromatic rings. The van der Waals surface area contributed by atoms with Crippen LogP contribution in [0.3, 0.4) is 0 Å². The Kier molecular flexibility index (Phi) is 3.44. The number of phenols is 1. The number of piperidine rings is 1. The highest BCUT2D eigenvalue weighted by Gasteiger charge is 2.17. The smallest absolute Gasteiger partial charge is 0.126 e. The summed E-state index contributed by atoms with van der Waals surface area (Å²) in [4.78, 5) is 0. The molecule has 0 amide bonds. The third-order valence-corrected chi connectivity index (χ3v) is 3.40. The van der Waals surface area contributed by atoms with E-state index in [0.717, 1.165) is 31.5 Å². The highest BCUT2D eigenvalue weighted by molar-refractivity contribution is 5.39. The van der Waals surface area contributed by atoms with E-state index >= 15 is 0 Å². The second-order valence-electron chi connectivity index (χ2n) is 4.59. The fraction of sp³-hybridized carbons (Fsp3) is 0.538. The van der Waals surface area contributed by atoms with Gasteiger partial charge in [0, 0.05) is 0 Å². The Morgan fingerprint density at radius 1 is 1.50 bits per heavy atom. The zero-order chi connectivity index (χ0) is 11.5. The Bertz CT molecular complexity index is 372. The summed E-state index contributed by atoms with van der Waals surface area (Å²) in [6, 6.07) is 2.78. The maximum absolute atomic E-state index is 13.4. The van der Waals surface area contributed by atoms with Crippen molar-refractivity contribution < 1.29 is 9.50 Å². The van der Waals surface area contributed by atoms with Crippen molar-refractivity contribution in [2.45, 2.75) is 26.2 Å². The van der Waals surface area contributed by atoms with Gasteiger partial charge in [-0.1, -0.05) is 0 Å². The van der Waals surface area contributed by atoms with Crippen molar-refractivity contribution in [3.63, 3.8) is 0 Å². The van der Waals surface area contributed by atoms with E-state index < -0.39 is 0 Å². The molecule has 16 heavy (non-hydrogen) atoms. The van der Waals surface area contributed by atoms with E-state index in [9.17, 15) is 9.50 Å². The average molecular weight is 223 g/mol. The van der Waals surface area contributed by atoms with Crippen LogP contribution in [0.1, 0.15) is 24.0 Å². The molecule has 88 valence electrons. The summed E-state index contributed by atoms with van der Waals surface area (Å²) in [6.45, 7) is 3.78. The molecule has 1 saturated heterocycles. The standard InChI is InChI=1S/C13H18FNO/c1-9-11(13(16)5-4-12(9)14)7-10-3-2-6-15-8-10/h4-5,10,15-16H,2-3,6-8H2,1H3. The van der Waals surface area contributed by atoms with Crippen LogP contribution in [0.4, 0.5) is 4.39 Å². The molecule has 2 N–H and O–H groups in total. The van der Waals surface area contributed by atoms with Crippen molar-refractivity contribution in [3.8, 4) is 5.75 Å². The first-order valence-electron chi connectivity index (χ1n) is 5.86. The van der Waals surface area contributed by atoms with E-state index in [-0.39, 0.29) is 11.6 Å². The van der Waals surface area contributed by atoms with Gasteiger partial charge in [0.2, 0.25) is 0 Å². The second-order valence-corrected chi connectivity index (χ2v) is 4.59. The van der Waals surface area contributed by atoms with Crippen molar-refractivity contribution in [3.05, 3.63) is 29.1 Å². The van der Waals surface area contributed by atoms with E-state index in [0.29, 0.717) is 11.5 Å². The van der Waals surface area contributed by atoms with Crippen molar-refractivity contribution in [2.75, 3.05) is 13.1 Å². The zero-order valence-corrected chi connectivity index (χ0v) is 9.59. The molecule has 1 heterocycles. The van der Waals surface area contributed by atoms with Gasteiger partial charge >= 0.3 is 0 Å². The predicted molar refractivity (Wildman–Crippen MR) is 62.1 cm³/mol. The van der Waals surface area contributed by atoms with Crippen molar-refractivity contribution in [2.24, 2.45) is 5.92 Å². The number of nitrogens with one attached hydrogen (secondary N) is 1. The molecule has 0 bridgehead atoms. The number of aromatic hydroxyl groups is 1. The van der Waals surface area contributed by atoms with Crippen LogP contribution in [-0.2, 0) is 6.42 Å². The first kappa shape index (κ1) is 11.4. The van der Waals surface area contributed by atoms with Gasteiger partial charge in [-0.3, -0.25) is 0 Å². The quantitative estimate of drug-likeness (QED) is 0.806. The van der Waals surface area contributed by atoms with Gasteiger partial charge in [-0.05, 0) is 68.5 Å². The summed E-state index contributed by atoms with van der Waals surface area (Å²) in [7, 11) is 0. The largest absolute Gasteiger partial charge is 0.508 e. The van der Waals surface area contributed by atoms with E-state index in [4.69, 9.17) is 0 Å². The van der Waals surface area contributed by atoms with Crippen LogP contribution < -0.4 is 5.32 Å². The van der Waals surface area contributed by atoms with Crippen LogP contribution in [-0.4, -0.2) is 18.2 Å². The maximum atomic E-state index is 13.4. The molecular weight excluding hydrogens is 205 g/mol. The summed E-state index contributed by atoms with van der Waals surface area (Å²) >= 11 is 0. The molecule has 1 atom stereocenters. The van der Waals surface area contributed by atoms with Crippen molar-refractivity contribution >= 4 is 0 Å². The van der Waals surface area contributed by atoms with Crippen LogP contribution in [0, 0.1) is 18.7 Å². The molecule has 3 heteroatoms. The van der Waals surface area contributed by atoms with Crippen LogP contribution in [0.25, 0.3) is 0 Å². The first-order valence-corrected chi connectivity index (χ1v) is 5.86. The normalized spacial score (nSPS) is 21.0. The fourth-order valence-corrected chi connectivity index (χ4v) is 2.36. The molecule has 0 saturated carbocycles. The Labute approximate surface area is 95.5 Å². The summed E-state index contributed by atoms with van der Waals surface area (Å²) in [5.41, 5.74) is 1.36. The first-order chi connectivity index (χ1) is 7.68. The monoisotopic (exact) mass is 223 g/mol. The molecule has 0 aliphatic carbocycles. The maximum Gasteiger partial charge on any atom is 0.126 e. The Morgan fingerprint density at radius 2 is 2.31 bits per heavy atom. The van der Waals surface area contributed by atoms with Crippen LogP contribution in [0.15, 0.2) is 12.1 Å². The van der Waals surface area contributed by atoms with E-state index in [1.54, 1.807) is 6.92 Å². The van der Waals surface area contributed by atoms with Gasteiger partial charge in [0.15, 0.2) is 0 Å². The van der Waals surface area contributed by atoms with E-state index in [1.807, 2.05) is 0 Å². The SMILES string of the molecule is Cc1c(F)ccc(O)c1CC1CCCNC1. The van der Waals surface area contributed by atoms with Crippen LogP contribution >= 0.6 is 0 Å². The molecular formula is C13H18FNO. The van der Waals surface area contributed by atoms with Gasteiger partial charge in [0.25, 0.3) is 0 Å². The van der Waals surface area contributed by atoms with Gasteiger partial charge in [0.1, 0.15) is 11.6 Å². The third kappa shape index (κ3) is 2.35. The lowest BCUT2D eigenvalue weighted by Gasteiger charge is -2.23. The van der Waals surface area contributed by atoms with E-state index in [1.165, 1.54) is 18.6 Å². The minimum absolute atomic E-state index is 0.225. The molecule has 2 rings (SSSR count). The molecule has 0 radical (unpaired) electrons. The summed E-state index contributed by atoms with van der Waals surface area (Å²) in [5, 5.41) is 13.1. The van der Waals surface area contributed by atoms with Crippen LogP contribution in [0.5, 0.6) is 5.75 Å². The van der Waals surface area contributed by atoms with Gasteiger partial charge in [-0.15, -0.1) is 0 Å². The molecule has 1 fully saturated rings. The van der Waals surface area contributed by atoms with Gasteiger partial charge in [-0.2, -0.15) is 0 Å². The number of phenolic OH excluding ortho intramolecular Hbond substituents is 1. The molecule has 1 aliphatic heterocycles. The van der Waals surface area contributed by atoms with E-state index in [2.05, 4.69) is 5.32 Å². The zero-order valence-electron chi connectivity index (χ0n) is 9.59. The van der Waals surface area contributed by atoms with Gasteiger partial charge in [-0.25, -0.2) is 4.39 Å². The number of benzene rings is 1. The molecule has 2 nitrogen and oxygen atoms in total. The Hall–Kier alpha value is -1.09. The summed E-state index contributed by atoms with van der Waals surface area (Å²) in [6.07, 6.45) is 3.09. The highest BCUT2D eigenvalue weighted by Crippen LogP contribution is 2.27.